The number of likely N-dealkylation sites (tertiary alicyclic amines) is 1. The van der Waals surface area contributed by atoms with Crippen LogP contribution in [0.4, 0.5) is 10.2 Å². The van der Waals surface area contributed by atoms with Gasteiger partial charge in [-0.25, -0.2) is 14.4 Å². The molecule has 1 aromatic carbocycles. The molecule has 1 aromatic heterocycles. The number of carbonyl (C=O) groups excluding carboxylic acids is 1. The number of nitrogens with zero attached hydrogens (tertiary/aromatic N) is 4. The van der Waals surface area contributed by atoms with Gasteiger partial charge in [-0.2, -0.15) is 0 Å². The molecule has 0 radical (unpaired) electrons. The molecule has 2 fully saturated rings. The molecule has 0 spiro atoms. The van der Waals surface area contributed by atoms with Gasteiger partial charge in [0.1, 0.15) is 17.2 Å². The Bertz CT molecular complexity index is 796. The van der Waals surface area contributed by atoms with Gasteiger partial charge in [-0.05, 0) is 62.8 Å². The zero-order valence-corrected chi connectivity index (χ0v) is 15.5. The van der Waals surface area contributed by atoms with Crippen molar-refractivity contribution in [1.29, 1.82) is 0 Å². The van der Waals surface area contributed by atoms with Crippen LogP contribution in [0.15, 0.2) is 30.5 Å². The second-order valence-corrected chi connectivity index (χ2v) is 7.34. The van der Waals surface area contributed by atoms with E-state index in [0.29, 0.717) is 11.4 Å². The van der Waals surface area contributed by atoms with Crippen molar-refractivity contribution in [3.8, 4) is 11.4 Å². The second-order valence-electron chi connectivity index (χ2n) is 7.34. The molecular formula is C21H25FN4O. The maximum absolute atomic E-state index is 13.2. The van der Waals surface area contributed by atoms with Crippen LogP contribution in [0.1, 0.15) is 48.9 Å². The molecule has 0 saturated carbocycles. The van der Waals surface area contributed by atoms with E-state index < -0.39 is 0 Å². The van der Waals surface area contributed by atoms with Crippen molar-refractivity contribution in [3.05, 3.63) is 41.8 Å². The lowest BCUT2D eigenvalue weighted by Gasteiger charge is -2.31. The van der Waals surface area contributed by atoms with Crippen molar-refractivity contribution < 1.29 is 9.18 Å². The minimum atomic E-state index is -0.285. The average Bonchev–Trinajstić information content (AvgIpc) is 2.75. The van der Waals surface area contributed by atoms with Crippen molar-refractivity contribution in [2.75, 3.05) is 31.1 Å². The second kappa shape index (κ2) is 8.03. The van der Waals surface area contributed by atoms with Crippen LogP contribution in [0.2, 0.25) is 0 Å². The summed E-state index contributed by atoms with van der Waals surface area (Å²) in [6, 6.07) is 6.17. The summed E-state index contributed by atoms with van der Waals surface area (Å²) in [7, 11) is 0. The Labute approximate surface area is 159 Å². The van der Waals surface area contributed by atoms with Crippen molar-refractivity contribution in [3.63, 3.8) is 0 Å². The maximum Gasteiger partial charge on any atom is 0.259 e. The van der Waals surface area contributed by atoms with Crippen LogP contribution in [0, 0.1) is 5.82 Å². The van der Waals surface area contributed by atoms with Gasteiger partial charge >= 0.3 is 0 Å². The average molecular weight is 368 g/mol. The molecule has 0 atom stereocenters. The van der Waals surface area contributed by atoms with E-state index in [-0.39, 0.29) is 11.7 Å². The molecule has 1 amide bonds. The zero-order chi connectivity index (χ0) is 18.6. The van der Waals surface area contributed by atoms with Gasteiger partial charge in [0.2, 0.25) is 0 Å². The molecule has 4 rings (SSSR count). The summed E-state index contributed by atoms with van der Waals surface area (Å²) in [4.78, 5) is 26.5. The molecule has 0 aliphatic carbocycles. The molecule has 142 valence electrons. The number of aromatic nitrogens is 2. The van der Waals surface area contributed by atoms with E-state index in [1.807, 2.05) is 4.90 Å². The molecule has 0 bridgehead atoms. The highest BCUT2D eigenvalue weighted by Gasteiger charge is 2.26. The van der Waals surface area contributed by atoms with Crippen molar-refractivity contribution >= 4 is 11.7 Å². The highest BCUT2D eigenvalue weighted by atomic mass is 19.1. The number of piperidine rings is 2. The van der Waals surface area contributed by atoms with Gasteiger partial charge < -0.3 is 9.80 Å². The molecule has 2 aliphatic rings. The lowest BCUT2D eigenvalue weighted by molar-refractivity contribution is 0.0724. The third-order valence-electron chi connectivity index (χ3n) is 5.40. The molecule has 2 saturated heterocycles. The van der Waals surface area contributed by atoms with Gasteiger partial charge in [0, 0.05) is 37.9 Å². The van der Waals surface area contributed by atoms with Crippen molar-refractivity contribution in [2.24, 2.45) is 0 Å². The molecule has 2 aromatic rings. The maximum atomic E-state index is 13.2. The Balaban J connectivity index is 1.70. The minimum absolute atomic E-state index is 0.0286. The quantitative estimate of drug-likeness (QED) is 0.824. The number of hydrogen-bond donors (Lipinski definition) is 0. The number of hydrogen-bond acceptors (Lipinski definition) is 4. The Morgan fingerprint density at radius 2 is 1.52 bits per heavy atom. The van der Waals surface area contributed by atoms with Crippen LogP contribution in [0.25, 0.3) is 11.4 Å². The third kappa shape index (κ3) is 3.94. The van der Waals surface area contributed by atoms with Gasteiger partial charge in [-0.3, -0.25) is 4.79 Å². The molecule has 0 unspecified atom stereocenters. The first-order valence-electron chi connectivity index (χ1n) is 9.89. The van der Waals surface area contributed by atoms with E-state index in [9.17, 15) is 9.18 Å². The normalized spacial score (nSPS) is 17.8. The van der Waals surface area contributed by atoms with E-state index in [0.717, 1.165) is 63.2 Å². The Hall–Kier alpha value is -2.50. The molecule has 27 heavy (non-hydrogen) atoms. The lowest BCUT2D eigenvalue weighted by atomic mass is 10.1. The summed E-state index contributed by atoms with van der Waals surface area (Å²) >= 11 is 0. The van der Waals surface area contributed by atoms with Gasteiger partial charge in [-0.1, -0.05) is 0 Å². The van der Waals surface area contributed by atoms with E-state index in [1.165, 1.54) is 25.0 Å². The summed E-state index contributed by atoms with van der Waals surface area (Å²) in [6.07, 6.45) is 8.37. The van der Waals surface area contributed by atoms with Gasteiger partial charge in [-0.15, -0.1) is 0 Å². The van der Waals surface area contributed by atoms with Gasteiger partial charge in [0.15, 0.2) is 5.82 Å². The SMILES string of the molecule is O=C(c1cnc(-c2ccc(F)cc2)nc1N1CCCCC1)N1CCCCC1. The van der Waals surface area contributed by atoms with Crippen LogP contribution < -0.4 is 4.90 Å². The van der Waals surface area contributed by atoms with E-state index in [2.05, 4.69) is 9.88 Å². The topological polar surface area (TPSA) is 49.3 Å². The number of halogens is 1. The van der Waals surface area contributed by atoms with Crippen LogP contribution in [-0.2, 0) is 0 Å². The number of carbonyl (C=O) groups is 1. The fourth-order valence-electron chi connectivity index (χ4n) is 3.88. The van der Waals surface area contributed by atoms with Crippen LogP contribution in [0.5, 0.6) is 0 Å². The van der Waals surface area contributed by atoms with E-state index in [1.54, 1.807) is 18.3 Å². The molecule has 3 heterocycles. The summed E-state index contributed by atoms with van der Waals surface area (Å²) in [5.74, 6) is 0.998. The smallest absolute Gasteiger partial charge is 0.259 e. The van der Waals surface area contributed by atoms with Gasteiger partial charge in [0.25, 0.3) is 5.91 Å². The zero-order valence-electron chi connectivity index (χ0n) is 15.5. The number of amides is 1. The first kappa shape index (κ1) is 17.9. The van der Waals surface area contributed by atoms with Crippen LogP contribution >= 0.6 is 0 Å². The predicted octanol–water partition coefficient (Wildman–Crippen LogP) is 3.90. The highest BCUT2D eigenvalue weighted by molar-refractivity contribution is 5.99. The monoisotopic (exact) mass is 368 g/mol. The number of benzene rings is 1. The van der Waals surface area contributed by atoms with Crippen LogP contribution in [0.3, 0.4) is 0 Å². The first-order chi connectivity index (χ1) is 13.2. The molecule has 2 aliphatic heterocycles. The summed E-state index contributed by atoms with van der Waals surface area (Å²) in [5, 5.41) is 0. The fourth-order valence-corrected chi connectivity index (χ4v) is 3.88. The predicted molar refractivity (Wildman–Crippen MR) is 103 cm³/mol. The van der Waals surface area contributed by atoms with Crippen LogP contribution in [-0.4, -0.2) is 47.0 Å². The molecule has 6 heteroatoms. The molecular weight excluding hydrogens is 343 g/mol. The Kier molecular flexibility index (Phi) is 5.32. The number of anilines is 1. The third-order valence-corrected chi connectivity index (χ3v) is 5.40. The Morgan fingerprint density at radius 1 is 0.889 bits per heavy atom. The number of rotatable bonds is 3. The Morgan fingerprint density at radius 3 is 2.19 bits per heavy atom. The highest BCUT2D eigenvalue weighted by Crippen LogP contribution is 2.27. The summed E-state index contributed by atoms with van der Waals surface area (Å²) < 4.78 is 13.2. The minimum Gasteiger partial charge on any atom is -0.356 e. The van der Waals surface area contributed by atoms with Crippen molar-refractivity contribution in [1.82, 2.24) is 14.9 Å². The standard InChI is InChI=1S/C21H25FN4O/c22-17-9-7-16(8-10-17)19-23-15-18(21(27)26-13-5-2-6-14-26)20(24-19)25-11-3-1-4-12-25/h7-10,15H,1-6,11-14H2. The first-order valence-corrected chi connectivity index (χ1v) is 9.89. The van der Waals surface area contributed by atoms with Crippen molar-refractivity contribution in [2.45, 2.75) is 38.5 Å². The summed E-state index contributed by atoms with van der Waals surface area (Å²) in [5.41, 5.74) is 1.34. The van der Waals surface area contributed by atoms with E-state index >= 15 is 0 Å². The fraction of sp³-hybridized carbons (Fsp3) is 0.476. The molecule has 5 nitrogen and oxygen atoms in total. The summed E-state index contributed by atoms with van der Waals surface area (Å²) in [6.45, 7) is 3.41. The largest absolute Gasteiger partial charge is 0.356 e. The lowest BCUT2D eigenvalue weighted by Crippen LogP contribution is -2.38. The van der Waals surface area contributed by atoms with Gasteiger partial charge in [0.05, 0.1) is 0 Å². The molecule has 0 N–H and O–H groups in total. The van der Waals surface area contributed by atoms with E-state index in [4.69, 9.17) is 4.98 Å².